The molecule has 0 aliphatic carbocycles. The standard InChI is InChI=1S/C20H22F2N9O8PS2/c21-8-6(1-32)37-19(31-5-27-11-15(31)28-20(23)29-17(11)35)13(8)39-40(41,42)36-2-7-12(33)9(22)18(38-7)30-4-26-10-14(30)24-3-25-16(10)34/h3-9,12-13,18-19,32-33H,1-2H2,(H,41,42)(H,24,25,34)(H3,23,28,29,35)/t6-,7-,8-,9+,12-,13-,18-,19-/m1/s1. The Morgan fingerprint density at radius 2 is 1.74 bits per heavy atom. The van der Waals surface area contributed by atoms with Gasteiger partial charge in [-0.2, -0.15) is 4.98 Å². The summed E-state index contributed by atoms with van der Waals surface area (Å²) in [6, 6.07) is 0. The van der Waals surface area contributed by atoms with E-state index in [0.717, 1.165) is 23.5 Å². The summed E-state index contributed by atoms with van der Waals surface area (Å²) in [5.41, 5.74) is 0.623. The molecule has 9 atom stereocenters. The van der Waals surface area contributed by atoms with Crippen LogP contribution in [0.25, 0.3) is 22.3 Å². The molecular formula is C20H22F2N9O8PS2. The van der Waals surface area contributed by atoms with Crippen molar-refractivity contribution >= 4 is 58.0 Å². The molecule has 4 aromatic rings. The van der Waals surface area contributed by atoms with Crippen molar-refractivity contribution in [3.8, 4) is 0 Å². The van der Waals surface area contributed by atoms with Crippen LogP contribution in [0, 0.1) is 0 Å². The van der Waals surface area contributed by atoms with Gasteiger partial charge in [-0.25, -0.2) is 23.7 Å². The molecule has 4 aromatic heterocycles. The van der Waals surface area contributed by atoms with E-state index in [1.165, 1.54) is 4.57 Å². The molecule has 0 aromatic carbocycles. The third kappa shape index (κ3) is 5.03. The molecule has 17 nitrogen and oxygen atoms in total. The maximum absolute atomic E-state index is 15.4. The topological polar surface area (TPSA) is 231 Å². The molecule has 6 heterocycles. The molecule has 6 rings (SSSR count). The second-order valence-corrected chi connectivity index (χ2v) is 14.6. The van der Waals surface area contributed by atoms with Gasteiger partial charge in [0.2, 0.25) is 11.6 Å². The fourth-order valence-electron chi connectivity index (χ4n) is 4.77. The van der Waals surface area contributed by atoms with E-state index < -0.39 is 79.2 Å². The first-order valence-corrected chi connectivity index (χ1v) is 15.9. The zero-order valence-electron chi connectivity index (χ0n) is 20.9. The number of halogens is 2. The zero-order chi connectivity index (χ0) is 29.9. The van der Waals surface area contributed by atoms with Crippen LogP contribution in [0.5, 0.6) is 0 Å². The predicted octanol–water partition coefficient (Wildman–Crippen LogP) is -0.785. The fraction of sp³-hybridized carbons (Fsp3) is 0.500. The van der Waals surface area contributed by atoms with Gasteiger partial charge in [-0.05, 0) is 11.8 Å². The summed E-state index contributed by atoms with van der Waals surface area (Å²) in [7, 11) is 0. The van der Waals surface area contributed by atoms with E-state index in [9.17, 15) is 19.8 Å². The number of aromatic nitrogens is 8. The molecule has 2 aliphatic heterocycles. The third-order valence-corrected chi connectivity index (χ3v) is 8.95. The summed E-state index contributed by atoms with van der Waals surface area (Å²) in [5, 5.41) is 20.1. The van der Waals surface area contributed by atoms with Crippen molar-refractivity contribution in [2.45, 2.75) is 49.2 Å². The van der Waals surface area contributed by atoms with Gasteiger partial charge in [0.05, 0.1) is 32.2 Å². The largest absolute Gasteiger partial charge is 0.394 e. The number of thiol groups is 1. The molecule has 226 valence electrons. The van der Waals surface area contributed by atoms with Crippen LogP contribution in [0.1, 0.15) is 12.5 Å². The minimum absolute atomic E-state index is 0.0350. The van der Waals surface area contributed by atoms with Crippen molar-refractivity contribution in [3.05, 3.63) is 39.7 Å². The van der Waals surface area contributed by atoms with Gasteiger partial charge < -0.3 is 39.5 Å². The van der Waals surface area contributed by atoms with Crippen LogP contribution in [-0.2, 0) is 30.3 Å². The Morgan fingerprint density at radius 1 is 1.07 bits per heavy atom. The molecule has 22 heteroatoms. The highest BCUT2D eigenvalue weighted by Gasteiger charge is 2.50. The second kappa shape index (κ2) is 11.0. The van der Waals surface area contributed by atoms with Gasteiger partial charge in [-0.15, -0.1) is 0 Å². The molecule has 6 N–H and O–H groups in total. The molecule has 2 fully saturated rings. The molecule has 2 saturated heterocycles. The molecule has 0 bridgehead atoms. The van der Waals surface area contributed by atoms with Gasteiger partial charge >= 0.3 is 0 Å². The van der Waals surface area contributed by atoms with Crippen LogP contribution >= 0.6 is 17.9 Å². The Morgan fingerprint density at radius 3 is 2.45 bits per heavy atom. The van der Waals surface area contributed by atoms with Crippen molar-refractivity contribution in [2.24, 2.45) is 0 Å². The average molecular weight is 650 g/mol. The van der Waals surface area contributed by atoms with Crippen LogP contribution in [0.2, 0.25) is 0 Å². The summed E-state index contributed by atoms with van der Waals surface area (Å²) in [4.78, 5) is 44.7. The highest BCUT2D eigenvalue weighted by molar-refractivity contribution is 8.60. The molecule has 0 saturated carbocycles. The Kier molecular flexibility index (Phi) is 7.64. The number of H-pyrrole nitrogens is 2. The molecule has 0 unspecified atom stereocenters. The maximum Gasteiger partial charge on any atom is 0.280 e. The van der Waals surface area contributed by atoms with Gasteiger partial charge in [0.1, 0.15) is 24.4 Å². The lowest BCUT2D eigenvalue weighted by atomic mass is 10.1. The first kappa shape index (κ1) is 29.2. The molecule has 0 amide bonds. The lowest BCUT2D eigenvalue weighted by molar-refractivity contribution is -0.0505. The Bertz CT molecular complexity index is 1800. The number of nitrogens with one attached hydrogen (secondary N) is 2. The van der Waals surface area contributed by atoms with Gasteiger partial charge in [0, 0.05) is 0 Å². The van der Waals surface area contributed by atoms with E-state index in [0.29, 0.717) is 0 Å². The van der Waals surface area contributed by atoms with Crippen LogP contribution in [-0.4, -0.2) is 99.2 Å². The predicted molar refractivity (Wildman–Crippen MR) is 146 cm³/mol. The monoisotopic (exact) mass is 649 g/mol. The quantitative estimate of drug-likeness (QED) is 0.102. The molecular weight excluding hydrogens is 627 g/mol. The minimum atomic E-state index is -3.67. The second-order valence-electron chi connectivity index (χ2n) is 9.36. The summed E-state index contributed by atoms with van der Waals surface area (Å²) in [5.74, 6) is -0.228. The number of nitrogens with zero attached hydrogens (tertiary/aromatic N) is 6. The van der Waals surface area contributed by atoms with Crippen LogP contribution in [0.3, 0.4) is 0 Å². The number of hydrogen-bond acceptors (Lipinski definition) is 14. The summed E-state index contributed by atoms with van der Waals surface area (Å²) < 4.78 is 55.5. The minimum Gasteiger partial charge on any atom is -0.394 e. The van der Waals surface area contributed by atoms with Gasteiger partial charge in [-0.1, -0.05) is 12.2 Å². The fourth-order valence-corrected chi connectivity index (χ4v) is 6.71. The van der Waals surface area contributed by atoms with E-state index in [-0.39, 0.29) is 28.3 Å². The van der Waals surface area contributed by atoms with Gasteiger partial charge in [0.15, 0.2) is 47.1 Å². The number of fused-ring (bicyclic) bond motifs is 2. The lowest BCUT2D eigenvalue weighted by Crippen LogP contribution is -2.33. The number of aliphatic hydroxyl groups is 2. The summed E-state index contributed by atoms with van der Waals surface area (Å²) in [6.45, 7) is -1.23. The first-order valence-electron chi connectivity index (χ1n) is 12.2. The van der Waals surface area contributed by atoms with E-state index in [1.807, 2.05) is 0 Å². The van der Waals surface area contributed by atoms with Gasteiger partial charge in [0.25, 0.3) is 11.1 Å². The lowest BCUT2D eigenvalue weighted by Gasteiger charge is -2.27. The number of ether oxygens (including phenoxy) is 2. The molecule has 42 heavy (non-hydrogen) atoms. The van der Waals surface area contributed by atoms with Crippen LogP contribution in [0.15, 0.2) is 28.6 Å². The molecule has 2 aliphatic rings. The smallest absolute Gasteiger partial charge is 0.280 e. The molecule has 0 spiro atoms. The number of alkyl halides is 2. The summed E-state index contributed by atoms with van der Waals surface area (Å²) in [6.07, 6.45) is -9.05. The number of aliphatic hydroxyl groups excluding tert-OH is 2. The average Bonchev–Trinajstić information content (AvgIpc) is 3.69. The van der Waals surface area contributed by atoms with E-state index in [2.05, 4.69) is 42.2 Å². The van der Waals surface area contributed by atoms with Crippen molar-refractivity contribution in [3.63, 3.8) is 0 Å². The molecule has 0 radical (unpaired) electrons. The zero-order valence-corrected chi connectivity index (χ0v) is 23.5. The number of aromatic amines is 2. The highest BCUT2D eigenvalue weighted by Crippen LogP contribution is 2.57. The maximum atomic E-state index is 15.4. The van der Waals surface area contributed by atoms with Crippen LogP contribution in [0.4, 0.5) is 14.7 Å². The highest BCUT2D eigenvalue weighted by atomic mass is 32.9. The van der Waals surface area contributed by atoms with Crippen molar-refractivity contribution in [1.29, 1.82) is 0 Å². The van der Waals surface area contributed by atoms with E-state index in [4.69, 9.17) is 36.1 Å². The van der Waals surface area contributed by atoms with E-state index >= 15 is 8.78 Å². The normalized spacial score (nSPS) is 31.3. The number of hydrogen-bond donors (Lipinski definition) is 6. The number of nitrogen functional groups attached to an aromatic ring is 1. The summed E-state index contributed by atoms with van der Waals surface area (Å²) >= 11 is 9.61. The number of imidazole rings is 2. The third-order valence-electron chi connectivity index (χ3n) is 6.76. The van der Waals surface area contributed by atoms with Crippen molar-refractivity contribution < 1.29 is 37.5 Å². The number of nitrogens with two attached hydrogens (primary N) is 1. The van der Waals surface area contributed by atoms with Crippen molar-refractivity contribution in [2.75, 3.05) is 18.9 Å². The van der Waals surface area contributed by atoms with E-state index in [1.54, 1.807) is 0 Å². The number of anilines is 1. The number of rotatable bonds is 8. The Balaban J connectivity index is 1.19. The van der Waals surface area contributed by atoms with Crippen molar-refractivity contribution in [1.82, 2.24) is 39.0 Å². The first-order chi connectivity index (χ1) is 20.0. The van der Waals surface area contributed by atoms with Crippen LogP contribution < -0.4 is 16.9 Å². The Labute approximate surface area is 242 Å². The SMILES string of the molecule is Nc1nc2c(ncn2[C@@H]2O[C@H](CO)[C@@H](F)[C@H]2O[P@](=S)(S)OC[C@H]2O[C@@H](n3cnc4c(=O)[nH]cnc43)[C@@H](F)[C@@H]2O)c(=O)[nH]1. The van der Waals surface area contributed by atoms with Gasteiger partial charge in [-0.3, -0.25) is 23.7 Å². The Hall–Kier alpha value is -2.88.